The fraction of sp³-hybridized carbons (Fsp3) is 0.571. The Morgan fingerprint density at radius 1 is 1.38 bits per heavy atom. The van der Waals surface area contributed by atoms with Crippen LogP contribution in [-0.4, -0.2) is 58.0 Å². The maximum Gasteiger partial charge on any atom is 0.178 e. The molecule has 0 amide bonds. The average Bonchev–Trinajstić information content (AvgIpc) is 2.33. The molecule has 0 radical (unpaired) electrons. The maximum atomic E-state index is 13.8. The van der Waals surface area contributed by atoms with Gasteiger partial charge in [0.2, 0.25) is 0 Å². The lowest BCUT2D eigenvalue weighted by Gasteiger charge is -2.20. The van der Waals surface area contributed by atoms with Crippen LogP contribution >= 0.6 is 0 Å². The third kappa shape index (κ3) is 5.70. The van der Waals surface area contributed by atoms with Crippen molar-refractivity contribution < 1.29 is 17.9 Å². The standard InChI is InChI=1S/C14H23FN2O3S/c1-10(16-8-12(18)9-17(2)3)11-5-6-14(13(15)7-11)21(4,19)20/h5-7,10,12,16,18H,8-9H2,1-4H3. The summed E-state index contributed by atoms with van der Waals surface area (Å²) >= 11 is 0. The van der Waals surface area contributed by atoms with Crippen LogP contribution in [0.25, 0.3) is 0 Å². The van der Waals surface area contributed by atoms with Crippen LogP contribution in [0.3, 0.4) is 0 Å². The summed E-state index contributed by atoms with van der Waals surface area (Å²) in [7, 11) is 0.178. The monoisotopic (exact) mass is 318 g/mol. The lowest BCUT2D eigenvalue weighted by Crippen LogP contribution is -2.36. The van der Waals surface area contributed by atoms with Crippen LogP contribution in [0.5, 0.6) is 0 Å². The number of nitrogens with one attached hydrogen (secondary N) is 1. The van der Waals surface area contributed by atoms with E-state index in [1.165, 1.54) is 12.1 Å². The molecule has 0 fully saturated rings. The number of likely N-dealkylation sites (N-methyl/N-ethyl adjacent to an activating group) is 1. The molecule has 2 atom stereocenters. The van der Waals surface area contributed by atoms with E-state index in [-0.39, 0.29) is 10.9 Å². The highest BCUT2D eigenvalue weighted by molar-refractivity contribution is 7.90. The highest BCUT2D eigenvalue weighted by atomic mass is 32.2. The van der Waals surface area contributed by atoms with Gasteiger partial charge < -0.3 is 15.3 Å². The Balaban J connectivity index is 2.72. The first-order chi connectivity index (χ1) is 9.61. The summed E-state index contributed by atoms with van der Waals surface area (Å²) in [6.07, 6.45) is 0.451. The Morgan fingerprint density at radius 3 is 2.48 bits per heavy atom. The molecule has 1 aromatic carbocycles. The van der Waals surface area contributed by atoms with E-state index in [1.54, 1.807) is 6.07 Å². The number of benzene rings is 1. The van der Waals surface area contributed by atoms with Crippen molar-refractivity contribution >= 4 is 9.84 Å². The Bertz CT molecular complexity index is 576. The van der Waals surface area contributed by atoms with Gasteiger partial charge in [-0.15, -0.1) is 0 Å². The quantitative estimate of drug-likeness (QED) is 0.778. The first-order valence-electron chi connectivity index (χ1n) is 6.67. The van der Waals surface area contributed by atoms with Gasteiger partial charge in [-0.25, -0.2) is 12.8 Å². The van der Waals surface area contributed by atoms with Gasteiger partial charge in [-0.05, 0) is 38.7 Å². The van der Waals surface area contributed by atoms with E-state index in [0.717, 1.165) is 6.26 Å². The fourth-order valence-electron chi connectivity index (χ4n) is 2.00. The predicted octanol–water partition coefficient (Wildman–Crippen LogP) is 0.802. The summed E-state index contributed by atoms with van der Waals surface area (Å²) in [6.45, 7) is 2.73. The van der Waals surface area contributed by atoms with Crippen molar-refractivity contribution in [1.29, 1.82) is 0 Å². The Hall–Kier alpha value is -1.02. The number of aliphatic hydroxyl groups excluding tert-OH is 1. The van der Waals surface area contributed by atoms with Crippen LogP contribution in [0.2, 0.25) is 0 Å². The molecule has 0 saturated carbocycles. The molecule has 0 aliphatic carbocycles. The van der Waals surface area contributed by atoms with Crippen LogP contribution in [-0.2, 0) is 9.84 Å². The summed E-state index contributed by atoms with van der Waals surface area (Å²) in [5.41, 5.74) is 0.636. The van der Waals surface area contributed by atoms with Gasteiger partial charge in [0.25, 0.3) is 0 Å². The van der Waals surface area contributed by atoms with Crippen molar-refractivity contribution in [3.63, 3.8) is 0 Å². The van der Waals surface area contributed by atoms with Crippen LogP contribution in [0.15, 0.2) is 23.1 Å². The van der Waals surface area contributed by atoms with Gasteiger partial charge in [0, 0.05) is 25.4 Å². The van der Waals surface area contributed by atoms with Gasteiger partial charge in [0.15, 0.2) is 9.84 Å². The number of nitrogens with zero attached hydrogens (tertiary/aromatic N) is 1. The first kappa shape index (κ1) is 18.0. The van der Waals surface area contributed by atoms with E-state index in [4.69, 9.17) is 0 Å². The zero-order valence-electron chi connectivity index (χ0n) is 12.8. The molecule has 0 aliphatic heterocycles. The van der Waals surface area contributed by atoms with Gasteiger partial charge >= 0.3 is 0 Å². The molecule has 0 spiro atoms. The average molecular weight is 318 g/mol. The lowest BCUT2D eigenvalue weighted by atomic mass is 10.1. The molecule has 0 aliphatic rings. The number of halogens is 1. The molecule has 0 heterocycles. The minimum absolute atomic E-state index is 0.190. The Labute approximate surface area is 125 Å². The molecule has 2 N–H and O–H groups in total. The second kappa shape index (κ2) is 7.31. The third-order valence-corrected chi connectivity index (χ3v) is 4.22. The van der Waals surface area contributed by atoms with Crippen molar-refractivity contribution in [2.75, 3.05) is 33.4 Å². The fourth-order valence-corrected chi connectivity index (χ4v) is 2.73. The van der Waals surface area contributed by atoms with Gasteiger partial charge in [-0.2, -0.15) is 0 Å². The van der Waals surface area contributed by atoms with Crippen LogP contribution < -0.4 is 5.32 Å². The van der Waals surface area contributed by atoms with Gasteiger partial charge in [0.1, 0.15) is 10.7 Å². The molecule has 21 heavy (non-hydrogen) atoms. The minimum atomic E-state index is -3.56. The summed E-state index contributed by atoms with van der Waals surface area (Å²) in [4.78, 5) is 1.57. The van der Waals surface area contributed by atoms with Crippen molar-refractivity contribution in [3.05, 3.63) is 29.6 Å². The summed E-state index contributed by atoms with van der Waals surface area (Å²) < 4.78 is 36.5. The number of hydrogen-bond acceptors (Lipinski definition) is 5. The van der Waals surface area contributed by atoms with E-state index in [1.807, 2.05) is 25.9 Å². The molecule has 5 nitrogen and oxygen atoms in total. The van der Waals surface area contributed by atoms with Crippen molar-refractivity contribution in [1.82, 2.24) is 10.2 Å². The molecule has 0 aromatic heterocycles. The molecule has 0 saturated heterocycles. The second-order valence-corrected chi connectivity index (χ2v) is 7.49. The molecular weight excluding hydrogens is 295 g/mol. The summed E-state index contributed by atoms with van der Waals surface area (Å²) in [6, 6.07) is 3.88. The van der Waals surface area contributed by atoms with Crippen molar-refractivity contribution in [2.45, 2.75) is 24.0 Å². The maximum absolute atomic E-state index is 13.8. The molecule has 2 unspecified atom stereocenters. The van der Waals surface area contributed by atoms with Crippen molar-refractivity contribution in [2.24, 2.45) is 0 Å². The number of sulfone groups is 1. The van der Waals surface area contributed by atoms with E-state index in [2.05, 4.69) is 5.32 Å². The zero-order valence-corrected chi connectivity index (χ0v) is 13.6. The Kier molecular flexibility index (Phi) is 6.27. The Morgan fingerprint density at radius 2 is 2.00 bits per heavy atom. The molecule has 120 valence electrons. The molecule has 7 heteroatoms. The van der Waals surface area contributed by atoms with Crippen LogP contribution in [0.1, 0.15) is 18.5 Å². The summed E-state index contributed by atoms with van der Waals surface area (Å²) in [5, 5.41) is 12.9. The molecule has 0 bridgehead atoms. The smallest absolute Gasteiger partial charge is 0.178 e. The highest BCUT2D eigenvalue weighted by Crippen LogP contribution is 2.20. The summed E-state index contributed by atoms with van der Waals surface area (Å²) in [5.74, 6) is -0.752. The van der Waals surface area contributed by atoms with E-state index < -0.39 is 21.8 Å². The van der Waals surface area contributed by atoms with Crippen LogP contribution in [0.4, 0.5) is 4.39 Å². The third-order valence-electron chi connectivity index (χ3n) is 3.09. The largest absolute Gasteiger partial charge is 0.390 e. The van der Waals surface area contributed by atoms with Gasteiger partial charge in [-0.3, -0.25) is 0 Å². The highest BCUT2D eigenvalue weighted by Gasteiger charge is 2.16. The molecule has 1 rings (SSSR count). The molecule has 1 aromatic rings. The normalized spacial score (nSPS) is 15.2. The van der Waals surface area contributed by atoms with E-state index in [9.17, 15) is 17.9 Å². The van der Waals surface area contributed by atoms with Gasteiger partial charge in [-0.1, -0.05) is 6.07 Å². The lowest BCUT2D eigenvalue weighted by molar-refractivity contribution is 0.132. The number of hydrogen-bond donors (Lipinski definition) is 2. The van der Waals surface area contributed by atoms with E-state index >= 15 is 0 Å². The molecular formula is C14H23FN2O3S. The zero-order chi connectivity index (χ0) is 16.2. The SMILES string of the molecule is CC(NCC(O)CN(C)C)c1ccc(S(C)(=O)=O)c(F)c1. The van der Waals surface area contributed by atoms with Gasteiger partial charge in [0.05, 0.1) is 6.10 Å². The predicted molar refractivity (Wildman–Crippen MR) is 80.5 cm³/mol. The second-order valence-electron chi connectivity index (χ2n) is 5.51. The van der Waals surface area contributed by atoms with Crippen molar-refractivity contribution in [3.8, 4) is 0 Å². The van der Waals surface area contributed by atoms with Crippen LogP contribution in [0, 0.1) is 5.82 Å². The van der Waals surface area contributed by atoms with E-state index in [0.29, 0.717) is 18.7 Å². The minimum Gasteiger partial charge on any atom is -0.390 e. The first-order valence-corrected chi connectivity index (χ1v) is 8.56. The topological polar surface area (TPSA) is 69.6 Å². The number of rotatable bonds is 7. The number of aliphatic hydroxyl groups is 1.